The van der Waals surface area contributed by atoms with Crippen molar-refractivity contribution in [2.24, 2.45) is 0 Å². The number of hydrogen-bond donors (Lipinski definition) is 1. The molecule has 1 N–H and O–H groups in total. The van der Waals surface area contributed by atoms with E-state index in [4.69, 9.17) is 32.4 Å². The molecule has 0 fully saturated rings. The Balaban J connectivity index is 1.44. The fourth-order valence-corrected chi connectivity index (χ4v) is 2.91. The number of halogens is 3. The fourth-order valence-electron chi connectivity index (χ4n) is 2.06. The van der Waals surface area contributed by atoms with E-state index in [1.165, 1.54) is 12.1 Å². The van der Waals surface area contributed by atoms with Gasteiger partial charge in [0.25, 0.3) is 11.1 Å². The molecular weight excluding hydrogens is 444 g/mol. The van der Waals surface area contributed by atoms with Crippen LogP contribution in [0.1, 0.15) is 0 Å². The number of ether oxygens (including phenoxy) is 1. The summed E-state index contributed by atoms with van der Waals surface area (Å²) in [7, 11) is 0. The number of aromatic nitrogens is 2. The van der Waals surface area contributed by atoms with E-state index >= 15 is 0 Å². The predicted octanol–water partition coefficient (Wildman–Crippen LogP) is 4.46. The molecule has 150 valence electrons. The third-order valence-electron chi connectivity index (χ3n) is 3.38. The molecule has 2 aromatic carbocycles. The van der Waals surface area contributed by atoms with Gasteiger partial charge in [-0.25, -0.2) is 4.39 Å². The molecule has 1 aromatic heterocycles. The summed E-state index contributed by atoms with van der Waals surface area (Å²) in [6.45, 7) is -0.568. The summed E-state index contributed by atoms with van der Waals surface area (Å²) < 4.78 is 23.9. The topological polar surface area (TPSA) is 94.3 Å². The van der Waals surface area contributed by atoms with Gasteiger partial charge in [0.15, 0.2) is 6.61 Å². The minimum atomic E-state index is -0.694. The third-order valence-corrected chi connectivity index (χ3v) is 4.66. The average molecular weight is 456 g/mol. The van der Waals surface area contributed by atoms with Gasteiger partial charge in [-0.05, 0) is 42.5 Å². The molecule has 1 amide bonds. The van der Waals surface area contributed by atoms with Gasteiger partial charge in [-0.3, -0.25) is 9.59 Å². The van der Waals surface area contributed by atoms with Crippen molar-refractivity contribution in [2.75, 3.05) is 17.7 Å². The second kappa shape index (κ2) is 9.73. The van der Waals surface area contributed by atoms with E-state index in [1.807, 2.05) is 0 Å². The largest absolute Gasteiger partial charge is 0.455 e. The molecule has 1 heterocycles. The van der Waals surface area contributed by atoms with Gasteiger partial charge >= 0.3 is 5.97 Å². The molecule has 0 unspecified atom stereocenters. The Morgan fingerprint density at radius 1 is 1.10 bits per heavy atom. The molecule has 0 bridgehead atoms. The smallest absolute Gasteiger partial charge is 0.316 e. The first-order valence-corrected chi connectivity index (χ1v) is 9.77. The summed E-state index contributed by atoms with van der Waals surface area (Å²) in [6, 6.07) is 10.6. The van der Waals surface area contributed by atoms with E-state index in [1.54, 1.807) is 24.3 Å². The van der Waals surface area contributed by atoms with Crippen molar-refractivity contribution in [3.8, 4) is 11.5 Å². The Bertz CT molecular complexity index is 1030. The Labute approximate surface area is 178 Å². The normalized spacial score (nSPS) is 10.6. The predicted molar refractivity (Wildman–Crippen MR) is 106 cm³/mol. The number of thioether (sulfide) groups is 1. The number of esters is 1. The summed E-state index contributed by atoms with van der Waals surface area (Å²) in [5.41, 5.74) is 0.618. The monoisotopic (exact) mass is 455 g/mol. The number of nitrogens with zero attached hydrogens (tertiary/aromatic N) is 2. The van der Waals surface area contributed by atoms with Crippen molar-refractivity contribution < 1.29 is 23.1 Å². The summed E-state index contributed by atoms with van der Waals surface area (Å²) in [5.74, 6) is -1.92. The number of carbonyl (C=O) groups excluding carboxylic acids is 2. The lowest BCUT2D eigenvalue weighted by molar-refractivity contribution is -0.144. The number of rotatable bonds is 7. The molecule has 7 nitrogen and oxygen atoms in total. The molecule has 0 aliphatic carbocycles. The summed E-state index contributed by atoms with van der Waals surface area (Å²) in [6.07, 6.45) is 0. The fraction of sp³-hybridized carbons (Fsp3) is 0.111. The maximum Gasteiger partial charge on any atom is 0.316 e. The maximum atomic E-state index is 13.6. The number of carbonyl (C=O) groups is 2. The average Bonchev–Trinajstić information content (AvgIpc) is 3.16. The van der Waals surface area contributed by atoms with Gasteiger partial charge in [-0.2, -0.15) is 0 Å². The summed E-state index contributed by atoms with van der Waals surface area (Å²) in [4.78, 5) is 23.5. The van der Waals surface area contributed by atoms with Crippen LogP contribution in [0.25, 0.3) is 11.5 Å². The third kappa shape index (κ3) is 6.18. The van der Waals surface area contributed by atoms with Gasteiger partial charge in [0.05, 0.1) is 5.69 Å². The van der Waals surface area contributed by atoms with E-state index in [0.29, 0.717) is 10.6 Å². The highest BCUT2D eigenvalue weighted by molar-refractivity contribution is 7.99. The van der Waals surface area contributed by atoms with Crippen molar-refractivity contribution in [2.45, 2.75) is 5.22 Å². The van der Waals surface area contributed by atoms with Crippen molar-refractivity contribution in [1.82, 2.24) is 10.2 Å². The van der Waals surface area contributed by atoms with E-state index in [-0.39, 0.29) is 27.6 Å². The second-order valence-electron chi connectivity index (χ2n) is 5.50. The van der Waals surface area contributed by atoms with Gasteiger partial charge in [-0.1, -0.05) is 35.0 Å². The van der Waals surface area contributed by atoms with Crippen molar-refractivity contribution in [3.05, 3.63) is 58.3 Å². The Morgan fingerprint density at radius 2 is 1.83 bits per heavy atom. The van der Waals surface area contributed by atoms with Crippen LogP contribution in [0.15, 0.2) is 52.1 Å². The van der Waals surface area contributed by atoms with E-state index in [9.17, 15) is 14.0 Å². The Hall–Kier alpha value is -2.62. The van der Waals surface area contributed by atoms with Crippen molar-refractivity contribution >= 4 is 52.5 Å². The van der Waals surface area contributed by atoms with E-state index < -0.39 is 24.3 Å². The molecule has 0 radical (unpaired) electrons. The minimum Gasteiger partial charge on any atom is -0.455 e. The SMILES string of the molecule is O=C(COC(=O)CSc1nnc(-c2ccc(Cl)cc2)o1)Nc1ccc(Cl)cc1F. The minimum absolute atomic E-state index is 0.0644. The number of nitrogens with one attached hydrogen (secondary N) is 1. The van der Waals surface area contributed by atoms with Gasteiger partial charge in [0.2, 0.25) is 5.89 Å². The number of hydrogen-bond acceptors (Lipinski definition) is 7. The molecular formula is C18H12Cl2FN3O4S. The highest BCUT2D eigenvalue weighted by Crippen LogP contribution is 2.24. The summed E-state index contributed by atoms with van der Waals surface area (Å²) in [5, 5.41) is 10.9. The van der Waals surface area contributed by atoms with E-state index in [2.05, 4.69) is 15.5 Å². The molecule has 0 atom stereocenters. The van der Waals surface area contributed by atoms with Gasteiger partial charge in [-0.15, -0.1) is 10.2 Å². The number of anilines is 1. The van der Waals surface area contributed by atoms with E-state index in [0.717, 1.165) is 17.8 Å². The zero-order chi connectivity index (χ0) is 20.8. The molecule has 0 saturated heterocycles. The second-order valence-corrected chi connectivity index (χ2v) is 7.30. The Kier molecular flexibility index (Phi) is 7.08. The quantitative estimate of drug-likeness (QED) is 0.415. The highest BCUT2D eigenvalue weighted by atomic mass is 35.5. The molecule has 11 heteroatoms. The molecule has 3 rings (SSSR count). The van der Waals surface area contributed by atoms with Crippen LogP contribution in [-0.4, -0.2) is 34.4 Å². The molecule has 29 heavy (non-hydrogen) atoms. The molecule has 0 saturated carbocycles. The van der Waals surface area contributed by atoms with Crippen molar-refractivity contribution in [1.29, 1.82) is 0 Å². The van der Waals surface area contributed by atoms with Crippen LogP contribution in [0.3, 0.4) is 0 Å². The van der Waals surface area contributed by atoms with Gasteiger partial charge < -0.3 is 14.5 Å². The van der Waals surface area contributed by atoms with Crippen molar-refractivity contribution in [3.63, 3.8) is 0 Å². The lowest BCUT2D eigenvalue weighted by Crippen LogP contribution is -2.22. The van der Waals surface area contributed by atoms with Crippen LogP contribution < -0.4 is 5.32 Å². The van der Waals surface area contributed by atoms with Crippen LogP contribution in [0.2, 0.25) is 10.0 Å². The molecule has 0 aliphatic rings. The first kappa shape index (κ1) is 21.1. The zero-order valence-corrected chi connectivity index (χ0v) is 16.9. The lowest BCUT2D eigenvalue weighted by atomic mass is 10.2. The maximum absolute atomic E-state index is 13.6. The first-order valence-electron chi connectivity index (χ1n) is 8.03. The first-order chi connectivity index (χ1) is 13.9. The van der Waals surface area contributed by atoms with Crippen LogP contribution in [0.4, 0.5) is 10.1 Å². The van der Waals surface area contributed by atoms with Crippen LogP contribution in [0, 0.1) is 5.82 Å². The molecule has 3 aromatic rings. The van der Waals surface area contributed by atoms with Crippen LogP contribution >= 0.6 is 35.0 Å². The number of amides is 1. The van der Waals surface area contributed by atoms with Crippen LogP contribution in [-0.2, 0) is 14.3 Å². The summed E-state index contributed by atoms with van der Waals surface area (Å²) >= 11 is 12.4. The van der Waals surface area contributed by atoms with Gasteiger partial charge in [0, 0.05) is 15.6 Å². The highest BCUT2D eigenvalue weighted by Gasteiger charge is 2.14. The molecule has 0 spiro atoms. The Morgan fingerprint density at radius 3 is 2.55 bits per heavy atom. The standard InChI is InChI=1S/C18H12Cl2FN3O4S/c19-11-3-1-10(2-4-11)17-23-24-18(28-17)29-9-16(26)27-8-15(25)22-14-6-5-12(20)7-13(14)21/h1-7H,8-9H2,(H,22,25). The van der Waals surface area contributed by atoms with Gasteiger partial charge in [0.1, 0.15) is 11.6 Å². The lowest BCUT2D eigenvalue weighted by Gasteiger charge is -2.07. The van der Waals surface area contributed by atoms with Crippen LogP contribution in [0.5, 0.6) is 0 Å². The number of benzene rings is 2. The molecule has 0 aliphatic heterocycles. The zero-order valence-electron chi connectivity index (χ0n) is 14.5.